The number of aryl methyl sites for hydroxylation is 4. The molecule has 1 saturated heterocycles. The van der Waals surface area contributed by atoms with Gasteiger partial charge in [0.05, 0.1) is 12.1 Å². The predicted octanol–water partition coefficient (Wildman–Crippen LogP) is 2.79. The van der Waals surface area contributed by atoms with E-state index in [-0.39, 0.29) is 5.91 Å². The Morgan fingerprint density at radius 1 is 0.933 bits per heavy atom. The minimum atomic E-state index is 0.183. The van der Waals surface area contributed by atoms with Gasteiger partial charge in [0.1, 0.15) is 11.6 Å². The van der Waals surface area contributed by atoms with Gasteiger partial charge in [0, 0.05) is 37.9 Å². The number of nitrogens with zero attached hydrogens (tertiary/aromatic N) is 6. The molecule has 0 spiro atoms. The predicted molar refractivity (Wildman–Crippen MR) is 117 cm³/mol. The molecular weight excluding hydrogens is 376 g/mol. The Morgan fingerprint density at radius 2 is 1.67 bits per heavy atom. The van der Waals surface area contributed by atoms with Gasteiger partial charge in [0.15, 0.2) is 5.82 Å². The maximum atomic E-state index is 12.7. The third-order valence-corrected chi connectivity index (χ3v) is 5.43. The first-order valence-electron chi connectivity index (χ1n) is 10.4. The SMILES string of the molecule is Cc1cccc(CC(=O)N2CCN(c3cc(-n4nc(C)cc4C)nc(C)n3)CC2)c1. The maximum absolute atomic E-state index is 12.7. The van der Waals surface area contributed by atoms with Gasteiger partial charge in [0.25, 0.3) is 0 Å². The standard InChI is InChI=1S/C23H28N6O/c1-16-6-5-7-20(12-16)14-23(30)28-10-8-27(9-11-28)21-15-22(25-19(4)24-21)29-18(3)13-17(2)26-29/h5-7,12-13,15H,8-11,14H2,1-4H3. The number of carbonyl (C=O) groups is 1. The molecule has 3 aromatic rings. The zero-order valence-corrected chi connectivity index (χ0v) is 18.1. The molecule has 0 N–H and O–H groups in total. The van der Waals surface area contributed by atoms with Crippen molar-refractivity contribution in [3.05, 3.63) is 64.7 Å². The van der Waals surface area contributed by atoms with E-state index < -0.39 is 0 Å². The van der Waals surface area contributed by atoms with E-state index in [1.54, 1.807) is 0 Å². The van der Waals surface area contributed by atoms with Gasteiger partial charge < -0.3 is 9.80 Å². The van der Waals surface area contributed by atoms with Gasteiger partial charge in [-0.1, -0.05) is 29.8 Å². The summed E-state index contributed by atoms with van der Waals surface area (Å²) >= 11 is 0. The molecule has 0 radical (unpaired) electrons. The fraction of sp³-hybridized carbons (Fsp3) is 0.391. The van der Waals surface area contributed by atoms with Crippen LogP contribution in [0.15, 0.2) is 36.4 Å². The van der Waals surface area contributed by atoms with E-state index in [1.807, 2.05) is 54.6 Å². The minimum absolute atomic E-state index is 0.183. The van der Waals surface area contributed by atoms with Gasteiger partial charge >= 0.3 is 0 Å². The topological polar surface area (TPSA) is 67.2 Å². The van der Waals surface area contributed by atoms with E-state index in [1.165, 1.54) is 5.56 Å². The average molecular weight is 405 g/mol. The third-order valence-electron chi connectivity index (χ3n) is 5.43. The zero-order chi connectivity index (χ0) is 21.3. The molecule has 2 aromatic heterocycles. The molecule has 3 heterocycles. The molecule has 0 aliphatic carbocycles. The summed E-state index contributed by atoms with van der Waals surface area (Å²) in [5, 5.41) is 4.54. The second-order valence-electron chi connectivity index (χ2n) is 8.00. The van der Waals surface area contributed by atoms with Crippen molar-refractivity contribution in [3.8, 4) is 5.82 Å². The van der Waals surface area contributed by atoms with Crippen LogP contribution in [0.3, 0.4) is 0 Å². The first-order valence-corrected chi connectivity index (χ1v) is 10.4. The highest BCUT2D eigenvalue weighted by molar-refractivity contribution is 5.79. The van der Waals surface area contributed by atoms with E-state index in [2.05, 4.69) is 39.0 Å². The number of hydrogen-bond donors (Lipinski definition) is 0. The molecule has 156 valence electrons. The highest BCUT2D eigenvalue weighted by Crippen LogP contribution is 2.19. The van der Waals surface area contributed by atoms with Crippen molar-refractivity contribution in [1.82, 2.24) is 24.6 Å². The summed E-state index contributed by atoms with van der Waals surface area (Å²) in [5.41, 5.74) is 4.26. The molecule has 4 rings (SSSR count). The quantitative estimate of drug-likeness (QED) is 0.669. The van der Waals surface area contributed by atoms with Crippen molar-refractivity contribution in [2.45, 2.75) is 34.1 Å². The Labute approximate surface area is 177 Å². The first-order chi connectivity index (χ1) is 14.4. The smallest absolute Gasteiger partial charge is 0.227 e. The van der Waals surface area contributed by atoms with Crippen molar-refractivity contribution in [2.24, 2.45) is 0 Å². The summed E-state index contributed by atoms with van der Waals surface area (Å²) in [5.74, 6) is 2.56. The molecule has 1 aliphatic heterocycles. The third kappa shape index (κ3) is 4.35. The summed E-state index contributed by atoms with van der Waals surface area (Å²) in [4.78, 5) is 26.1. The fourth-order valence-electron chi connectivity index (χ4n) is 3.96. The molecule has 30 heavy (non-hydrogen) atoms. The number of hydrogen-bond acceptors (Lipinski definition) is 5. The van der Waals surface area contributed by atoms with Crippen molar-refractivity contribution in [3.63, 3.8) is 0 Å². The largest absolute Gasteiger partial charge is 0.353 e. The van der Waals surface area contributed by atoms with Crippen LogP contribution in [0.25, 0.3) is 5.82 Å². The molecule has 0 bridgehead atoms. The van der Waals surface area contributed by atoms with Crippen molar-refractivity contribution < 1.29 is 4.79 Å². The van der Waals surface area contributed by atoms with Crippen molar-refractivity contribution in [2.75, 3.05) is 31.1 Å². The summed E-state index contributed by atoms with van der Waals surface area (Å²) in [6.45, 7) is 10.9. The number of piperazine rings is 1. The molecule has 1 fully saturated rings. The van der Waals surface area contributed by atoms with Crippen LogP contribution in [0.4, 0.5) is 5.82 Å². The number of aromatic nitrogens is 4. The Morgan fingerprint density at radius 3 is 2.33 bits per heavy atom. The van der Waals surface area contributed by atoms with Crippen LogP contribution in [-0.4, -0.2) is 56.7 Å². The Bertz CT molecular complexity index is 1070. The summed E-state index contributed by atoms with van der Waals surface area (Å²) in [6, 6.07) is 12.2. The molecule has 0 atom stereocenters. The lowest BCUT2D eigenvalue weighted by atomic mass is 10.1. The molecule has 7 heteroatoms. The molecular formula is C23H28N6O. The lowest BCUT2D eigenvalue weighted by Gasteiger charge is -2.35. The van der Waals surface area contributed by atoms with Crippen LogP contribution < -0.4 is 4.90 Å². The van der Waals surface area contributed by atoms with E-state index in [0.717, 1.165) is 41.7 Å². The lowest BCUT2D eigenvalue weighted by molar-refractivity contribution is -0.130. The van der Waals surface area contributed by atoms with Gasteiger partial charge in [0.2, 0.25) is 5.91 Å². The number of benzene rings is 1. The highest BCUT2D eigenvalue weighted by atomic mass is 16.2. The van der Waals surface area contributed by atoms with Crippen molar-refractivity contribution in [1.29, 1.82) is 0 Å². The monoisotopic (exact) mass is 404 g/mol. The van der Waals surface area contributed by atoms with Gasteiger partial charge in [-0.2, -0.15) is 5.10 Å². The summed E-state index contributed by atoms with van der Waals surface area (Å²) < 4.78 is 1.86. The number of rotatable bonds is 4. The second kappa shape index (κ2) is 8.26. The highest BCUT2D eigenvalue weighted by Gasteiger charge is 2.23. The molecule has 1 aromatic carbocycles. The second-order valence-corrected chi connectivity index (χ2v) is 8.00. The van der Waals surface area contributed by atoms with E-state index in [0.29, 0.717) is 25.3 Å². The fourth-order valence-corrected chi connectivity index (χ4v) is 3.96. The molecule has 0 saturated carbocycles. The van der Waals surface area contributed by atoms with Gasteiger partial charge in [-0.25, -0.2) is 14.6 Å². The first kappa shape index (κ1) is 20.1. The molecule has 7 nitrogen and oxygen atoms in total. The van der Waals surface area contributed by atoms with Gasteiger partial charge in [-0.3, -0.25) is 4.79 Å². The Balaban J connectivity index is 1.44. The Hall–Kier alpha value is -3.22. The number of anilines is 1. The average Bonchev–Trinajstić information content (AvgIpc) is 3.06. The Kier molecular flexibility index (Phi) is 5.53. The molecule has 1 amide bonds. The van der Waals surface area contributed by atoms with Gasteiger partial charge in [-0.15, -0.1) is 0 Å². The van der Waals surface area contributed by atoms with Crippen LogP contribution in [-0.2, 0) is 11.2 Å². The van der Waals surface area contributed by atoms with Crippen LogP contribution in [0.1, 0.15) is 28.3 Å². The normalized spacial score (nSPS) is 14.3. The molecule has 1 aliphatic rings. The van der Waals surface area contributed by atoms with Crippen LogP contribution in [0.2, 0.25) is 0 Å². The van der Waals surface area contributed by atoms with E-state index in [4.69, 9.17) is 0 Å². The van der Waals surface area contributed by atoms with Crippen LogP contribution in [0.5, 0.6) is 0 Å². The van der Waals surface area contributed by atoms with Crippen molar-refractivity contribution >= 4 is 11.7 Å². The molecule has 0 unspecified atom stereocenters. The van der Waals surface area contributed by atoms with Crippen LogP contribution >= 0.6 is 0 Å². The summed E-state index contributed by atoms with van der Waals surface area (Å²) in [6.07, 6.45) is 0.455. The summed E-state index contributed by atoms with van der Waals surface area (Å²) in [7, 11) is 0. The number of amides is 1. The van der Waals surface area contributed by atoms with E-state index >= 15 is 0 Å². The number of carbonyl (C=O) groups excluding carboxylic acids is 1. The zero-order valence-electron chi connectivity index (χ0n) is 18.1. The van der Waals surface area contributed by atoms with Crippen LogP contribution in [0, 0.1) is 27.7 Å². The lowest BCUT2D eigenvalue weighted by Crippen LogP contribution is -2.49. The van der Waals surface area contributed by atoms with E-state index in [9.17, 15) is 4.79 Å². The minimum Gasteiger partial charge on any atom is -0.353 e. The maximum Gasteiger partial charge on any atom is 0.227 e. The van der Waals surface area contributed by atoms with Gasteiger partial charge in [-0.05, 0) is 39.3 Å².